The van der Waals surface area contributed by atoms with Crippen LogP contribution in [0, 0.1) is 6.57 Å². The number of aromatic amines is 1. The van der Waals surface area contributed by atoms with Crippen LogP contribution in [0.25, 0.3) is 38.5 Å². The SMILES string of the molecule is [C-]#[N+]c1ccc(-c2ccc(-c3nc4c(nnn4Cc4ccc(OC)cc4)c(=O)[nH]3)c(OC3CCCC3)c2)cc1. The summed E-state index contributed by atoms with van der Waals surface area (Å²) in [6.07, 6.45) is 4.36. The normalized spacial score (nSPS) is 13.4. The molecule has 0 saturated heterocycles. The molecule has 1 saturated carbocycles. The van der Waals surface area contributed by atoms with Crippen LogP contribution in [-0.4, -0.2) is 38.2 Å². The van der Waals surface area contributed by atoms with Crippen LogP contribution in [0.2, 0.25) is 0 Å². The molecule has 0 aliphatic heterocycles. The minimum atomic E-state index is -0.360. The molecule has 0 spiro atoms. The molecule has 0 unspecified atom stereocenters. The van der Waals surface area contributed by atoms with Crippen molar-refractivity contribution in [3.8, 4) is 34.0 Å². The number of ether oxygens (including phenoxy) is 2. The predicted molar refractivity (Wildman–Crippen MR) is 148 cm³/mol. The summed E-state index contributed by atoms with van der Waals surface area (Å²) in [5, 5.41) is 8.29. The van der Waals surface area contributed by atoms with E-state index >= 15 is 0 Å². The summed E-state index contributed by atoms with van der Waals surface area (Å²) in [5.74, 6) is 1.82. The average molecular weight is 519 g/mol. The van der Waals surface area contributed by atoms with Crippen molar-refractivity contribution < 1.29 is 9.47 Å². The smallest absolute Gasteiger partial charge is 0.281 e. The lowest BCUT2D eigenvalue weighted by atomic mass is 10.0. The van der Waals surface area contributed by atoms with Crippen molar-refractivity contribution in [2.24, 2.45) is 0 Å². The van der Waals surface area contributed by atoms with Crippen LogP contribution in [0.5, 0.6) is 11.5 Å². The Labute approximate surface area is 224 Å². The van der Waals surface area contributed by atoms with E-state index in [-0.39, 0.29) is 17.2 Å². The largest absolute Gasteiger partial charge is 0.497 e. The molecule has 2 aromatic heterocycles. The Hall–Kier alpha value is -4.97. The van der Waals surface area contributed by atoms with Crippen LogP contribution in [0.4, 0.5) is 5.69 Å². The number of hydrogen-bond acceptors (Lipinski definition) is 6. The van der Waals surface area contributed by atoms with E-state index in [1.807, 2.05) is 54.6 Å². The van der Waals surface area contributed by atoms with Gasteiger partial charge in [0.2, 0.25) is 0 Å². The number of nitrogens with zero attached hydrogens (tertiary/aromatic N) is 5. The maximum Gasteiger partial charge on any atom is 0.281 e. The fraction of sp³-hybridized carbons (Fsp3) is 0.233. The lowest BCUT2D eigenvalue weighted by molar-refractivity contribution is 0.211. The molecule has 0 radical (unpaired) electrons. The predicted octanol–water partition coefficient (Wildman–Crippen LogP) is 5.78. The van der Waals surface area contributed by atoms with Gasteiger partial charge in [-0.05, 0) is 66.6 Å². The minimum absolute atomic E-state index is 0.112. The van der Waals surface area contributed by atoms with E-state index in [1.165, 1.54) is 0 Å². The van der Waals surface area contributed by atoms with Gasteiger partial charge in [0.25, 0.3) is 5.56 Å². The second-order valence-corrected chi connectivity index (χ2v) is 9.58. The van der Waals surface area contributed by atoms with E-state index in [0.29, 0.717) is 35.0 Å². The lowest BCUT2D eigenvalue weighted by Gasteiger charge is -2.17. The van der Waals surface area contributed by atoms with Gasteiger partial charge in [0.1, 0.15) is 17.3 Å². The highest BCUT2D eigenvalue weighted by Crippen LogP contribution is 2.36. The van der Waals surface area contributed by atoms with Gasteiger partial charge < -0.3 is 14.5 Å². The maximum absolute atomic E-state index is 13.0. The molecular weight excluding hydrogens is 492 g/mol. The monoisotopic (exact) mass is 518 g/mol. The minimum Gasteiger partial charge on any atom is -0.497 e. The van der Waals surface area contributed by atoms with E-state index in [2.05, 4.69) is 20.1 Å². The summed E-state index contributed by atoms with van der Waals surface area (Å²) in [6.45, 7) is 7.62. The number of benzene rings is 3. The van der Waals surface area contributed by atoms with Gasteiger partial charge >= 0.3 is 0 Å². The quantitative estimate of drug-likeness (QED) is 0.274. The van der Waals surface area contributed by atoms with Crippen molar-refractivity contribution in [3.05, 3.63) is 94.1 Å². The molecule has 1 aliphatic carbocycles. The van der Waals surface area contributed by atoms with Gasteiger partial charge in [-0.15, -0.1) is 5.10 Å². The molecule has 194 valence electrons. The van der Waals surface area contributed by atoms with Gasteiger partial charge in [0.15, 0.2) is 16.9 Å². The van der Waals surface area contributed by atoms with Crippen molar-refractivity contribution in [1.82, 2.24) is 25.0 Å². The Morgan fingerprint density at radius 2 is 1.77 bits per heavy atom. The van der Waals surface area contributed by atoms with Crippen LogP contribution in [-0.2, 0) is 6.54 Å². The zero-order valence-corrected chi connectivity index (χ0v) is 21.4. The van der Waals surface area contributed by atoms with Gasteiger partial charge in [-0.25, -0.2) is 14.5 Å². The molecule has 0 amide bonds. The summed E-state index contributed by atoms with van der Waals surface area (Å²) in [6, 6.07) is 21.0. The van der Waals surface area contributed by atoms with Crippen LogP contribution in [0.3, 0.4) is 0 Å². The van der Waals surface area contributed by atoms with Gasteiger partial charge in [-0.3, -0.25) is 4.79 Å². The fourth-order valence-electron chi connectivity index (χ4n) is 4.91. The summed E-state index contributed by atoms with van der Waals surface area (Å²) in [7, 11) is 1.63. The topological polar surface area (TPSA) is 99.3 Å². The van der Waals surface area contributed by atoms with Crippen LogP contribution >= 0.6 is 0 Å². The van der Waals surface area contributed by atoms with Crippen molar-refractivity contribution >= 4 is 16.9 Å². The molecular formula is C30H26N6O3. The van der Waals surface area contributed by atoms with Crippen molar-refractivity contribution in [1.29, 1.82) is 0 Å². The second kappa shape index (κ2) is 10.4. The van der Waals surface area contributed by atoms with Crippen LogP contribution < -0.4 is 15.0 Å². The van der Waals surface area contributed by atoms with E-state index < -0.39 is 0 Å². The molecule has 6 rings (SSSR count). The van der Waals surface area contributed by atoms with Gasteiger partial charge in [0, 0.05) is 0 Å². The summed E-state index contributed by atoms with van der Waals surface area (Å²) in [4.78, 5) is 24.2. The van der Waals surface area contributed by atoms with Crippen molar-refractivity contribution in [2.75, 3.05) is 7.11 Å². The third-order valence-corrected chi connectivity index (χ3v) is 7.03. The lowest BCUT2D eigenvalue weighted by Crippen LogP contribution is -2.14. The molecule has 2 heterocycles. The highest BCUT2D eigenvalue weighted by molar-refractivity contribution is 5.77. The highest BCUT2D eigenvalue weighted by Gasteiger charge is 2.21. The third-order valence-electron chi connectivity index (χ3n) is 7.03. The average Bonchev–Trinajstić information content (AvgIpc) is 3.64. The number of H-pyrrole nitrogens is 1. The second-order valence-electron chi connectivity index (χ2n) is 9.58. The van der Waals surface area contributed by atoms with E-state index in [1.54, 1.807) is 23.9 Å². The molecule has 1 aliphatic rings. The number of nitrogens with one attached hydrogen (secondary N) is 1. The van der Waals surface area contributed by atoms with Gasteiger partial charge in [-0.2, -0.15) is 0 Å². The van der Waals surface area contributed by atoms with Crippen LogP contribution in [0.15, 0.2) is 71.5 Å². The maximum atomic E-state index is 13.0. The number of aromatic nitrogens is 5. The number of methoxy groups -OCH3 is 1. The molecule has 9 heteroatoms. The molecule has 39 heavy (non-hydrogen) atoms. The first-order valence-electron chi connectivity index (χ1n) is 12.9. The standard InChI is InChI=1S/C30H26N6O3/c1-31-22-12-9-20(10-13-22)21-11-16-25(26(17-21)39-24-5-3-4-6-24)28-32-29-27(30(37)33-28)34-35-36(29)18-19-7-14-23(38-2)15-8-19/h7-17,24H,3-6,18H2,2H3,(H,32,33,37). The Morgan fingerprint density at radius 1 is 1.03 bits per heavy atom. The first-order chi connectivity index (χ1) is 19.1. The molecule has 9 nitrogen and oxygen atoms in total. The number of rotatable bonds is 7. The fourth-order valence-corrected chi connectivity index (χ4v) is 4.91. The summed E-state index contributed by atoms with van der Waals surface area (Å²) < 4.78 is 13.4. The Morgan fingerprint density at radius 3 is 2.49 bits per heavy atom. The number of hydrogen-bond donors (Lipinski definition) is 1. The first-order valence-corrected chi connectivity index (χ1v) is 12.9. The molecule has 1 N–H and O–H groups in total. The summed E-state index contributed by atoms with van der Waals surface area (Å²) in [5.41, 5.74) is 4.41. The van der Waals surface area contributed by atoms with Crippen molar-refractivity contribution in [2.45, 2.75) is 38.3 Å². The molecule has 0 atom stereocenters. The van der Waals surface area contributed by atoms with Crippen molar-refractivity contribution in [3.63, 3.8) is 0 Å². The molecule has 5 aromatic rings. The Kier molecular flexibility index (Phi) is 6.51. The molecule has 1 fully saturated rings. The Bertz CT molecular complexity index is 1730. The zero-order chi connectivity index (χ0) is 26.8. The summed E-state index contributed by atoms with van der Waals surface area (Å²) >= 11 is 0. The van der Waals surface area contributed by atoms with Gasteiger partial charge in [-0.1, -0.05) is 47.7 Å². The Balaban J connectivity index is 1.41. The third kappa shape index (κ3) is 4.97. The molecule has 0 bridgehead atoms. The number of fused-ring (bicyclic) bond motifs is 1. The van der Waals surface area contributed by atoms with Gasteiger partial charge in [0.05, 0.1) is 31.9 Å². The zero-order valence-electron chi connectivity index (χ0n) is 21.4. The van der Waals surface area contributed by atoms with Crippen LogP contribution in [0.1, 0.15) is 31.2 Å². The van der Waals surface area contributed by atoms with E-state index in [9.17, 15) is 4.79 Å². The molecule has 3 aromatic carbocycles. The highest BCUT2D eigenvalue weighted by atomic mass is 16.5. The first kappa shape index (κ1) is 24.4. The van der Waals surface area contributed by atoms with E-state index in [4.69, 9.17) is 21.0 Å². The van der Waals surface area contributed by atoms with E-state index in [0.717, 1.165) is 48.1 Å².